The Morgan fingerprint density at radius 2 is 1.85 bits per heavy atom. The fourth-order valence-corrected chi connectivity index (χ4v) is 5.56. The van der Waals surface area contributed by atoms with Crippen molar-refractivity contribution < 1.29 is 19.1 Å². The summed E-state index contributed by atoms with van der Waals surface area (Å²) < 4.78 is 6.26. The van der Waals surface area contributed by atoms with Crippen LogP contribution in [0.3, 0.4) is 0 Å². The number of hydrogen-bond donors (Lipinski definition) is 0. The predicted octanol–water partition coefficient (Wildman–Crippen LogP) is 3.34. The van der Waals surface area contributed by atoms with Crippen LogP contribution in [0.5, 0.6) is 0 Å². The maximum Gasteiger partial charge on any atom is 0.242 e. The number of carbonyl (C=O) groups excluding carboxylic acids is 3. The minimum absolute atomic E-state index is 0.0108. The SMILES string of the molecule is O=C1C[C@H](C(=O)N2CC(=O)N(C3CCCCC3)C[C@H](OCc3cccnc3)C2)c2ccccc21. The third-order valence-electron chi connectivity index (χ3n) is 7.33. The molecule has 5 rings (SSSR count). The van der Waals surface area contributed by atoms with Crippen molar-refractivity contribution in [3.63, 3.8) is 0 Å². The normalized spacial score (nSPS) is 23.6. The van der Waals surface area contributed by atoms with Gasteiger partial charge in [-0.2, -0.15) is 0 Å². The minimum atomic E-state index is -0.531. The maximum atomic E-state index is 13.6. The van der Waals surface area contributed by atoms with Gasteiger partial charge in [0.05, 0.1) is 25.2 Å². The number of fused-ring (bicyclic) bond motifs is 1. The molecule has 0 bridgehead atoms. The standard InChI is InChI=1S/C27H31N3O4/c31-25-13-24(22-10-4-5-11-23(22)25)27(33)29-15-21(34-18-19-7-6-12-28-14-19)16-30(26(32)17-29)20-8-2-1-3-9-20/h4-7,10-12,14,20-21,24H,1-3,8-9,13,15-18H2/t21-,24+/m1/s1. The first-order chi connectivity index (χ1) is 16.6. The number of carbonyl (C=O) groups is 3. The van der Waals surface area contributed by atoms with Gasteiger partial charge in [0.1, 0.15) is 0 Å². The Morgan fingerprint density at radius 3 is 2.65 bits per heavy atom. The van der Waals surface area contributed by atoms with Crippen molar-refractivity contribution in [3.8, 4) is 0 Å². The molecule has 0 N–H and O–H groups in total. The summed E-state index contributed by atoms with van der Waals surface area (Å²) in [5.41, 5.74) is 2.34. The molecule has 0 unspecified atom stereocenters. The van der Waals surface area contributed by atoms with E-state index in [9.17, 15) is 14.4 Å². The van der Waals surface area contributed by atoms with E-state index < -0.39 is 5.92 Å². The summed E-state index contributed by atoms with van der Waals surface area (Å²) in [6.07, 6.45) is 8.81. The van der Waals surface area contributed by atoms with Gasteiger partial charge in [-0.05, 0) is 30.0 Å². The Bertz CT molecular complexity index is 1050. The van der Waals surface area contributed by atoms with E-state index in [1.54, 1.807) is 23.4 Å². The van der Waals surface area contributed by atoms with Crippen LogP contribution in [0.1, 0.15) is 65.9 Å². The first kappa shape index (κ1) is 22.7. The van der Waals surface area contributed by atoms with E-state index in [0.717, 1.165) is 36.8 Å². The van der Waals surface area contributed by atoms with Crippen molar-refractivity contribution in [2.75, 3.05) is 19.6 Å². The molecular weight excluding hydrogens is 430 g/mol. The second-order valence-corrected chi connectivity index (χ2v) is 9.62. The zero-order valence-electron chi connectivity index (χ0n) is 19.4. The molecule has 34 heavy (non-hydrogen) atoms. The van der Waals surface area contributed by atoms with E-state index >= 15 is 0 Å². The van der Waals surface area contributed by atoms with Crippen molar-refractivity contribution in [2.45, 2.75) is 63.2 Å². The highest BCUT2D eigenvalue weighted by molar-refractivity contribution is 6.07. The molecular formula is C27H31N3O4. The lowest BCUT2D eigenvalue weighted by Crippen LogP contribution is -2.46. The summed E-state index contributed by atoms with van der Waals surface area (Å²) in [6, 6.07) is 11.3. The van der Waals surface area contributed by atoms with Crippen molar-refractivity contribution >= 4 is 17.6 Å². The van der Waals surface area contributed by atoms with Crippen LogP contribution in [-0.2, 0) is 20.9 Å². The van der Waals surface area contributed by atoms with Crippen LogP contribution in [-0.4, -0.2) is 64.2 Å². The van der Waals surface area contributed by atoms with Crippen molar-refractivity contribution in [3.05, 3.63) is 65.5 Å². The molecule has 1 aromatic carbocycles. The molecule has 7 nitrogen and oxygen atoms in total. The van der Waals surface area contributed by atoms with E-state index in [0.29, 0.717) is 25.3 Å². The van der Waals surface area contributed by atoms with Gasteiger partial charge in [-0.3, -0.25) is 19.4 Å². The van der Waals surface area contributed by atoms with Crippen LogP contribution < -0.4 is 0 Å². The maximum absolute atomic E-state index is 13.6. The summed E-state index contributed by atoms with van der Waals surface area (Å²) in [6.45, 7) is 1.22. The summed E-state index contributed by atoms with van der Waals surface area (Å²) in [5.74, 6) is -0.725. The largest absolute Gasteiger partial charge is 0.370 e. The van der Waals surface area contributed by atoms with E-state index in [1.807, 2.05) is 35.2 Å². The van der Waals surface area contributed by atoms with Gasteiger partial charge in [-0.25, -0.2) is 0 Å². The molecule has 0 radical (unpaired) electrons. The van der Waals surface area contributed by atoms with Crippen LogP contribution in [0.15, 0.2) is 48.8 Å². The van der Waals surface area contributed by atoms with Gasteiger partial charge in [0.25, 0.3) is 0 Å². The lowest BCUT2D eigenvalue weighted by molar-refractivity contribution is -0.140. The Balaban J connectivity index is 1.37. The predicted molar refractivity (Wildman–Crippen MR) is 126 cm³/mol. The summed E-state index contributed by atoms with van der Waals surface area (Å²) in [4.78, 5) is 47.2. The van der Waals surface area contributed by atoms with E-state index in [1.165, 1.54) is 6.42 Å². The van der Waals surface area contributed by atoms with Crippen LogP contribution >= 0.6 is 0 Å². The smallest absolute Gasteiger partial charge is 0.242 e. The highest BCUT2D eigenvalue weighted by atomic mass is 16.5. The average Bonchev–Trinajstić information content (AvgIpc) is 3.11. The lowest BCUT2D eigenvalue weighted by atomic mass is 9.94. The Labute approximate surface area is 200 Å². The molecule has 3 aliphatic rings. The van der Waals surface area contributed by atoms with Crippen LogP contribution in [0, 0.1) is 0 Å². The first-order valence-corrected chi connectivity index (χ1v) is 12.3. The van der Waals surface area contributed by atoms with Gasteiger partial charge in [-0.15, -0.1) is 0 Å². The molecule has 2 heterocycles. The van der Waals surface area contributed by atoms with Crippen molar-refractivity contribution in [1.29, 1.82) is 0 Å². The zero-order chi connectivity index (χ0) is 23.5. The number of ketones is 1. The third-order valence-corrected chi connectivity index (χ3v) is 7.33. The average molecular weight is 462 g/mol. The van der Waals surface area contributed by atoms with Crippen molar-refractivity contribution in [1.82, 2.24) is 14.8 Å². The van der Waals surface area contributed by atoms with Gasteiger partial charge in [0, 0.05) is 43.5 Å². The summed E-state index contributed by atoms with van der Waals surface area (Å²) >= 11 is 0. The molecule has 1 saturated heterocycles. The molecule has 1 aliphatic heterocycles. The van der Waals surface area contributed by atoms with Gasteiger partial charge in [-0.1, -0.05) is 49.6 Å². The highest BCUT2D eigenvalue weighted by Gasteiger charge is 2.40. The first-order valence-electron chi connectivity index (χ1n) is 12.3. The molecule has 178 valence electrons. The van der Waals surface area contributed by atoms with Gasteiger partial charge < -0.3 is 14.5 Å². The molecule has 2 fully saturated rings. The molecule has 2 aromatic rings. The second kappa shape index (κ2) is 10.1. The van der Waals surface area contributed by atoms with E-state index in [-0.39, 0.29) is 42.7 Å². The quantitative estimate of drug-likeness (QED) is 0.682. The number of aromatic nitrogens is 1. The number of pyridine rings is 1. The van der Waals surface area contributed by atoms with E-state index in [2.05, 4.69) is 4.98 Å². The van der Waals surface area contributed by atoms with Gasteiger partial charge >= 0.3 is 0 Å². The Kier molecular flexibility index (Phi) is 6.72. The fourth-order valence-electron chi connectivity index (χ4n) is 5.56. The van der Waals surface area contributed by atoms with Gasteiger partial charge in [0.15, 0.2) is 5.78 Å². The van der Waals surface area contributed by atoms with Crippen LogP contribution in [0.2, 0.25) is 0 Å². The topological polar surface area (TPSA) is 79.8 Å². The number of amides is 2. The number of nitrogens with zero attached hydrogens (tertiary/aromatic N) is 3. The van der Waals surface area contributed by atoms with Gasteiger partial charge in [0.2, 0.25) is 11.8 Å². The third kappa shape index (κ3) is 4.75. The molecule has 2 amide bonds. The number of Topliss-reactive ketones (excluding diaryl/α,β-unsaturated/α-hetero) is 1. The highest BCUT2D eigenvalue weighted by Crippen LogP contribution is 2.35. The van der Waals surface area contributed by atoms with E-state index in [4.69, 9.17) is 4.74 Å². The molecule has 1 aromatic heterocycles. The zero-order valence-corrected chi connectivity index (χ0v) is 19.4. The molecule has 2 atom stereocenters. The number of ether oxygens (including phenoxy) is 1. The monoisotopic (exact) mass is 461 g/mol. The number of rotatable bonds is 5. The second-order valence-electron chi connectivity index (χ2n) is 9.62. The number of benzene rings is 1. The molecule has 0 spiro atoms. The Morgan fingerprint density at radius 1 is 1.03 bits per heavy atom. The molecule has 7 heteroatoms. The lowest BCUT2D eigenvalue weighted by Gasteiger charge is -2.34. The summed E-state index contributed by atoms with van der Waals surface area (Å²) in [7, 11) is 0. The minimum Gasteiger partial charge on any atom is -0.370 e. The fraction of sp³-hybridized carbons (Fsp3) is 0.481. The Hall–Kier alpha value is -3.06. The number of hydrogen-bond acceptors (Lipinski definition) is 5. The molecule has 1 saturated carbocycles. The van der Waals surface area contributed by atoms with Crippen LogP contribution in [0.4, 0.5) is 0 Å². The van der Waals surface area contributed by atoms with Crippen LogP contribution in [0.25, 0.3) is 0 Å². The van der Waals surface area contributed by atoms with Crippen molar-refractivity contribution in [2.24, 2.45) is 0 Å². The summed E-state index contributed by atoms with van der Waals surface area (Å²) in [5, 5.41) is 0. The molecule has 2 aliphatic carbocycles.